The summed E-state index contributed by atoms with van der Waals surface area (Å²) < 4.78 is 0. The van der Waals surface area contributed by atoms with Gasteiger partial charge >= 0.3 is 0 Å². The molecule has 0 saturated carbocycles. The Morgan fingerprint density at radius 2 is 1.83 bits per heavy atom. The van der Waals surface area contributed by atoms with E-state index in [4.69, 9.17) is 17.3 Å². The van der Waals surface area contributed by atoms with E-state index in [1.807, 2.05) is 30.3 Å². The van der Waals surface area contributed by atoms with Crippen LogP contribution in [0, 0.1) is 0 Å². The molecule has 0 saturated heterocycles. The first-order valence-corrected chi connectivity index (χ1v) is 4.29. The van der Waals surface area contributed by atoms with Crippen molar-refractivity contribution in [2.24, 2.45) is 5.73 Å². The van der Waals surface area contributed by atoms with E-state index in [-0.39, 0.29) is 0 Å². The lowest BCUT2D eigenvalue weighted by Crippen LogP contribution is -1.94. The summed E-state index contributed by atoms with van der Waals surface area (Å²) in [5.74, 6) is 0.556. The molecule has 0 atom stereocenters. The average molecular weight is 184 g/mol. The van der Waals surface area contributed by atoms with Crippen molar-refractivity contribution >= 4 is 11.6 Å². The van der Waals surface area contributed by atoms with Gasteiger partial charge in [-0.3, -0.25) is 0 Å². The molecule has 0 heterocycles. The van der Waals surface area contributed by atoms with Crippen LogP contribution in [0.25, 0.3) is 0 Å². The van der Waals surface area contributed by atoms with Crippen LogP contribution in [0.4, 0.5) is 0 Å². The molecule has 0 amide bonds. The summed E-state index contributed by atoms with van der Waals surface area (Å²) in [4.78, 5) is 0. The Morgan fingerprint density at radius 1 is 1.33 bits per heavy atom. The van der Waals surface area contributed by atoms with Crippen LogP contribution in [0.2, 0.25) is 0 Å². The fraction of sp³-hybridized carbons (Fsp3) is 0.200. The first-order valence-electron chi connectivity index (χ1n) is 3.76. The molecule has 12 heavy (non-hydrogen) atoms. The summed E-state index contributed by atoms with van der Waals surface area (Å²) in [6.07, 6.45) is 1.64. The largest absolute Gasteiger partial charge is 0.326 e. The summed E-state index contributed by atoms with van der Waals surface area (Å²) >= 11 is 5.07. The van der Waals surface area contributed by atoms with Crippen LogP contribution >= 0.6 is 11.6 Å². The van der Waals surface area contributed by atoms with Gasteiger partial charge < -0.3 is 5.73 Å². The second kappa shape index (κ2) is 8.31. The minimum absolute atomic E-state index is 0.556. The third kappa shape index (κ3) is 5.96. The molecular weight excluding hydrogens is 170 g/mol. The third-order valence-electron chi connectivity index (χ3n) is 1.19. The summed E-state index contributed by atoms with van der Waals surface area (Å²) in [5, 5.41) is 0. The van der Waals surface area contributed by atoms with Crippen LogP contribution in [0.1, 0.15) is 5.56 Å². The summed E-state index contributed by atoms with van der Waals surface area (Å²) in [6, 6.07) is 9.99. The zero-order chi connectivity index (χ0) is 9.23. The standard InChI is InChI=1S/C7H9N.C3H5Cl/c8-6-7-4-2-1-3-5-7;1-2-3-4/h1-5H,6,8H2;2H,1,3H2. The fourth-order valence-corrected chi connectivity index (χ4v) is 0.614. The van der Waals surface area contributed by atoms with Gasteiger partial charge in [0, 0.05) is 12.4 Å². The number of hydrogen-bond donors (Lipinski definition) is 1. The number of rotatable bonds is 2. The smallest absolute Gasteiger partial charge is 0.0401 e. The zero-order valence-electron chi connectivity index (χ0n) is 7.04. The van der Waals surface area contributed by atoms with Gasteiger partial charge in [-0.25, -0.2) is 0 Å². The van der Waals surface area contributed by atoms with E-state index in [0.717, 1.165) is 0 Å². The Bertz CT molecular complexity index is 196. The molecule has 1 rings (SSSR count). The van der Waals surface area contributed by atoms with Crippen molar-refractivity contribution in [3.8, 4) is 0 Å². The van der Waals surface area contributed by atoms with Crippen LogP contribution < -0.4 is 5.73 Å². The van der Waals surface area contributed by atoms with Gasteiger partial charge in [0.25, 0.3) is 0 Å². The highest BCUT2D eigenvalue weighted by Crippen LogP contribution is 1.94. The van der Waals surface area contributed by atoms with E-state index in [1.54, 1.807) is 6.08 Å². The molecular formula is C10H14ClN. The van der Waals surface area contributed by atoms with E-state index >= 15 is 0 Å². The lowest BCUT2D eigenvalue weighted by molar-refractivity contribution is 1.07. The topological polar surface area (TPSA) is 26.0 Å². The lowest BCUT2D eigenvalue weighted by Gasteiger charge is -1.90. The van der Waals surface area contributed by atoms with Gasteiger partial charge in [-0.1, -0.05) is 36.4 Å². The maximum Gasteiger partial charge on any atom is 0.0401 e. The van der Waals surface area contributed by atoms with E-state index in [1.165, 1.54) is 5.56 Å². The number of alkyl halides is 1. The van der Waals surface area contributed by atoms with Crippen molar-refractivity contribution in [3.05, 3.63) is 48.6 Å². The highest BCUT2D eigenvalue weighted by atomic mass is 35.5. The van der Waals surface area contributed by atoms with E-state index < -0.39 is 0 Å². The Kier molecular flexibility index (Phi) is 7.76. The predicted octanol–water partition coefficient (Wildman–Crippen LogP) is 2.56. The molecule has 0 aliphatic rings. The SMILES string of the molecule is C=CCCl.NCc1ccccc1. The Hall–Kier alpha value is -0.790. The number of hydrogen-bond acceptors (Lipinski definition) is 1. The van der Waals surface area contributed by atoms with Gasteiger partial charge in [0.15, 0.2) is 0 Å². The predicted molar refractivity (Wildman–Crippen MR) is 55.3 cm³/mol. The van der Waals surface area contributed by atoms with Gasteiger partial charge in [0.1, 0.15) is 0 Å². The minimum atomic E-state index is 0.556. The van der Waals surface area contributed by atoms with Crippen molar-refractivity contribution < 1.29 is 0 Å². The number of nitrogens with two attached hydrogens (primary N) is 1. The van der Waals surface area contributed by atoms with Crippen LogP contribution in [0.5, 0.6) is 0 Å². The second-order valence-electron chi connectivity index (χ2n) is 2.13. The summed E-state index contributed by atoms with van der Waals surface area (Å²) in [5.41, 5.74) is 6.54. The maximum absolute atomic E-state index is 5.35. The molecule has 2 N–H and O–H groups in total. The molecule has 0 aliphatic carbocycles. The van der Waals surface area contributed by atoms with E-state index in [9.17, 15) is 0 Å². The van der Waals surface area contributed by atoms with Crippen LogP contribution in [0.3, 0.4) is 0 Å². The van der Waals surface area contributed by atoms with Crippen LogP contribution in [-0.2, 0) is 6.54 Å². The molecule has 1 aromatic rings. The van der Waals surface area contributed by atoms with Gasteiger partial charge in [-0.15, -0.1) is 18.2 Å². The van der Waals surface area contributed by atoms with Gasteiger partial charge in [0.05, 0.1) is 0 Å². The van der Waals surface area contributed by atoms with Crippen LogP contribution in [0.15, 0.2) is 43.0 Å². The van der Waals surface area contributed by atoms with Crippen molar-refractivity contribution in [2.75, 3.05) is 5.88 Å². The highest BCUT2D eigenvalue weighted by molar-refractivity contribution is 6.18. The summed E-state index contributed by atoms with van der Waals surface area (Å²) in [7, 11) is 0. The number of halogens is 1. The van der Waals surface area contributed by atoms with Crippen molar-refractivity contribution in [3.63, 3.8) is 0 Å². The molecule has 66 valence electrons. The van der Waals surface area contributed by atoms with E-state index in [0.29, 0.717) is 12.4 Å². The minimum Gasteiger partial charge on any atom is -0.326 e. The van der Waals surface area contributed by atoms with Gasteiger partial charge in [-0.2, -0.15) is 0 Å². The maximum atomic E-state index is 5.35. The van der Waals surface area contributed by atoms with Crippen molar-refractivity contribution in [1.29, 1.82) is 0 Å². The monoisotopic (exact) mass is 183 g/mol. The Balaban J connectivity index is 0.000000261. The summed E-state index contributed by atoms with van der Waals surface area (Å²) in [6.45, 7) is 3.99. The first-order chi connectivity index (χ1) is 5.85. The fourth-order valence-electron chi connectivity index (χ4n) is 0.614. The molecule has 0 unspecified atom stereocenters. The number of allylic oxidation sites excluding steroid dienone is 1. The molecule has 0 fully saturated rings. The van der Waals surface area contributed by atoms with Crippen molar-refractivity contribution in [2.45, 2.75) is 6.54 Å². The molecule has 0 aliphatic heterocycles. The molecule has 0 bridgehead atoms. The zero-order valence-corrected chi connectivity index (χ0v) is 7.80. The Labute approximate surface area is 78.9 Å². The van der Waals surface area contributed by atoms with E-state index in [2.05, 4.69) is 6.58 Å². The van der Waals surface area contributed by atoms with Crippen LogP contribution in [-0.4, -0.2) is 5.88 Å². The first kappa shape index (κ1) is 11.2. The van der Waals surface area contributed by atoms with Gasteiger partial charge in [0.2, 0.25) is 0 Å². The molecule has 0 radical (unpaired) electrons. The molecule has 1 aromatic carbocycles. The Morgan fingerprint density at radius 3 is 2.08 bits per heavy atom. The quantitative estimate of drug-likeness (QED) is 0.554. The molecule has 2 heteroatoms. The molecule has 0 aromatic heterocycles. The molecule has 1 nitrogen and oxygen atoms in total. The lowest BCUT2D eigenvalue weighted by atomic mass is 10.2. The highest BCUT2D eigenvalue weighted by Gasteiger charge is 1.80. The van der Waals surface area contributed by atoms with Crippen molar-refractivity contribution in [1.82, 2.24) is 0 Å². The number of benzene rings is 1. The average Bonchev–Trinajstić information content (AvgIpc) is 2.19. The normalized spacial score (nSPS) is 8.17. The molecule has 0 spiro atoms. The van der Waals surface area contributed by atoms with Gasteiger partial charge in [-0.05, 0) is 5.56 Å². The second-order valence-corrected chi connectivity index (χ2v) is 2.44. The third-order valence-corrected chi connectivity index (χ3v) is 1.41.